The molecule has 0 unspecified atom stereocenters. The number of hydrogen-bond donors (Lipinski definition) is 1. The third kappa shape index (κ3) is 3.08. The molecule has 88 valence electrons. The Labute approximate surface area is 108 Å². The highest BCUT2D eigenvalue weighted by molar-refractivity contribution is 6.31. The van der Waals surface area contributed by atoms with E-state index in [4.69, 9.17) is 23.2 Å². The number of rotatable bonds is 3. The van der Waals surface area contributed by atoms with Crippen LogP contribution < -0.4 is 5.32 Å². The SMILES string of the molecule is Fc1cc(Cl)cnc1NCc1ccccc1Cl. The third-order valence-electron chi connectivity index (χ3n) is 2.21. The Balaban J connectivity index is 2.10. The van der Waals surface area contributed by atoms with Crippen LogP contribution in [0.4, 0.5) is 10.2 Å². The third-order valence-corrected chi connectivity index (χ3v) is 2.79. The predicted molar refractivity (Wildman–Crippen MR) is 68.0 cm³/mol. The van der Waals surface area contributed by atoms with E-state index in [1.165, 1.54) is 12.3 Å². The maximum atomic E-state index is 13.4. The molecule has 0 atom stereocenters. The standard InChI is InChI=1S/C12H9Cl2FN2/c13-9-5-11(15)12(17-7-9)16-6-8-3-1-2-4-10(8)14/h1-5,7H,6H2,(H,16,17). The minimum atomic E-state index is -0.482. The Morgan fingerprint density at radius 3 is 2.71 bits per heavy atom. The minimum absolute atomic E-state index is 0.161. The molecule has 0 aliphatic heterocycles. The van der Waals surface area contributed by atoms with Gasteiger partial charge in [0.25, 0.3) is 0 Å². The summed E-state index contributed by atoms with van der Waals surface area (Å²) >= 11 is 11.6. The van der Waals surface area contributed by atoms with E-state index in [1.807, 2.05) is 18.2 Å². The van der Waals surface area contributed by atoms with Crippen molar-refractivity contribution < 1.29 is 4.39 Å². The summed E-state index contributed by atoms with van der Waals surface area (Å²) in [5.74, 6) is -0.320. The number of halogens is 3. The zero-order chi connectivity index (χ0) is 12.3. The van der Waals surface area contributed by atoms with Crippen LogP contribution in [0.2, 0.25) is 10.0 Å². The molecule has 17 heavy (non-hydrogen) atoms. The van der Waals surface area contributed by atoms with Crippen molar-refractivity contribution in [3.8, 4) is 0 Å². The van der Waals surface area contributed by atoms with E-state index >= 15 is 0 Å². The van der Waals surface area contributed by atoms with Crippen LogP contribution in [0, 0.1) is 5.82 Å². The second-order valence-electron chi connectivity index (χ2n) is 3.43. The lowest BCUT2D eigenvalue weighted by Gasteiger charge is -2.08. The van der Waals surface area contributed by atoms with E-state index in [1.54, 1.807) is 6.07 Å². The lowest BCUT2D eigenvalue weighted by Crippen LogP contribution is -2.03. The smallest absolute Gasteiger partial charge is 0.166 e. The molecule has 0 spiro atoms. The molecule has 1 aromatic heterocycles. The number of anilines is 1. The largest absolute Gasteiger partial charge is 0.364 e. The summed E-state index contributed by atoms with van der Waals surface area (Å²) in [5, 5.41) is 3.77. The molecule has 1 N–H and O–H groups in total. The molecule has 1 heterocycles. The first-order chi connectivity index (χ1) is 8.16. The monoisotopic (exact) mass is 270 g/mol. The van der Waals surface area contributed by atoms with Crippen LogP contribution in [0.15, 0.2) is 36.5 Å². The maximum absolute atomic E-state index is 13.4. The van der Waals surface area contributed by atoms with Gasteiger partial charge in [-0.25, -0.2) is 9.37 Å². The molecule has 0 amide bonds. The minimum Gasteiger partial charge on any atom is -0.364 e. The van der Waals surface area contributed by atoms with Gasteiger partial charge in [0.1, 0.15) is 0 Å². The lowest BCUT2D eigenvalue weighted by atomic mass is 10.2. The van der Waals surface area contributed by atoms with E-state index in [2.05, 4.69) is 10.3 Å². The van der Waals surface area contributed by atoms with Gasteiger partial charge in [-0.05, 0) is 17.7 Å². The van der Waals surface area contributed by atoms with Crippen LogP contribution in [0.5, 0.6) is 0 Å². The molecular weight excluding hydrogens is 262 g/mol. The second kappa shape index (κ2) is 5.34. The second-order valence-corrected chi connectivity index (χ2v) is 4.27. The number of nitrogens with one attached hydrogen (secondary N) is 1. The van der Waals surface area contributed by atoms with Crippen LogP contribution in [-0.4, -0.2) is 4.98 Å². The molecule has 1 aromatic carbocycles. The van der Waals surface area contributed by atoms with Crippen molar-refractivity contribution >= 4 is 29.0 Å². The van der Waals surface area contributed by atoms with Crippen molar-refractivity contribution in [1.29, 1.82) is 0 Å². The van der Waals surface area contributed by atoms with E-state index in [-0.39, 0.29) is 10.8 Å². The molecule has 5 heteroatoms. The summed E-state index contributed by atoms with van der Waals surface area (Å²) in [6.45, 7) is 0.408. The van der Waals surface area contributed by atoms with Crippen LogP contribution in [0.1, 0.15) is 5.56 Å². The fraction of sp³-hybridized carbons (Fsp3) is 0.0833. The average Bonchev–Trinajstić information content (AvgIpc) is 2.30. The van der Waals surface area contributed by atoms with Gasteiger partial charge in [0.05, 0.1) is 5.02 Å². The van der Waals surface area contributed by atoms with Gasteiger partial charge in [-0.1, -0.05) is 41.4 Å². The summed E-state index contributed by atoms with van der Waals surface area (Å²) < 4.78 is 13.4. The van der Waals surface area contributed by atoms with Gasteiger partial charge in [0, 0.05) is 17.8 Å². The highest BCUT2D eigenvalue weighted by Crippen LogP contribution is 2.19. The highest BCUT2D eigenvalue weighted by Gasteiger charge is 2.05. The lowest BCUT2D eigenvalue weighted by molar-refractivity contribution is 0.624. The Bertz CT molecular complexity index is 532. The first-order valence-electron chi connectivity index (χ1n) is 4.95. The normalized spacial score (nSPS) is 10.3. The Morgan fingerprint density at radius 1 is 1.24 bits per heavy atom. The maximum Gasteiger partial charge on any atom is 0.166 e. The van der Waals surface area contributed by atoms with Gasteiger partial charge in [-0.3, -0.25) is 0 Å². The number of benzene rings is 1. The summed E-state index contributed by atoms with van der Waals surface area (Å²) in [6.07, 6.45) is 1.39. The van der Waals surface area contributed by atoms with Gasteiger partial charge < -0.3 is 5.32 Å². The van der Waals surface area contributed by atoms with Crippen LogP contribution >= 0.6 is 23.2 Å². The van der Waals surface area contributed by atoms with Gasteiger partial charge in [0.2, 0.25) is 0 Å². The van der Waals surface area contributed by atoms with Crippen molar-refractivity contribution in [2.24, 2.45) is 0 Å². The molecule has 2 aromatic rings. The van der Waals surface area contributed by atoms with Crippen molar-refractivity contribution in [3.63, 3.8) is 0 Å². The molecule has 0 bridgehead atoms. The summed E-state index contributed by atoms with van der Waals surface area (Å²) in [6, 6.07) is 8.57. The highest BCUT2D eigenvalue weighted by atomic mass is 35.5. The van der Waals surface area contributed by atoms with Crippen molar-refractivity contribution in [1.82, 2.24) is 4.98 Å². The van der Waals surface area contributed by atoms with E-state index in [9.17, 15) is 4.39 Å². The Morgan fingerprint density at radius 2 is 2.00 bits per heavy atom. The topological polar surface area (TPSA) is 24.9 Å². The van der Waals surface area contributed by atoms with Gasteiger partial charge in [-0.15, -0.1) is 0 Å². The van der Waals surface area contributed by atoms with Gasteiger partial charge in [-0.2, -0.15) is 0 Å². The molecule has 0 aliphatic rings. The molecule has 0 saturated heterocycles. The molecule has 2 nitrogen and oxygen atoms in total. The number of aromatic nitrogens is 1. The molecule has 0 radical (unpaired) electrons. The number of pyridine rings is 1. The zero-order valence-corrected chi connectivity index (χ0v) is 10.3. The number of nitrogens with zero attached hydrogens (tertiary/aromatic N) is 1. The number of hydrogen-bond acceptors (Lipinski definition) is 2. The van der Waals surface area contributed by atoms with Crippen LogP contribution in [-0.2, 0) is 6.54 Å². The van der Waals surface area contributed by atoms with Crippen LogP contribution in [0.3, 0.4) is 0 Å². The molecule has 0 fully saturated rings. The summed E-state index contributed by atoms with van der Waals surface area (Å²) in [4.78, 5) is 3.86. The van der Waals surface area contributed by atoms with Crippen molar-refractivity contribution in [2.75, 3.05) is 5.32 Å². The molecule has 2 rings (SSSR count). The van der Waals surface area contributed by atoms with Gasteiger partial charge >= 0.3 is 0 Å². The molecule has 0 saturated carbocycles. The Kier molecular flexibility index (Phi) is 3.82. The fourth-order valence-corrected chi connectivity index (χ4v) is 1.71. The Hall–Kier alpha value is -1.32. The van der Waals surface area contributed by atoms with Gasteiger partial charge in [0.15, 0.2) is 11.6 Å². The first kappa shape index (κ1) is 12.1. The fourth-order valence-electron chi connectivity index (χ4n) is 1.37. The summed E-state index contributed by atoms with van der Waals surface area (Å²) in [7, 11) is 0. The average molecular weight is 271 g/mol. The zero-order valence-electron chi connectivity index (χ0n) is 8.75. The van der Waals surface area contributed by atoms with Crippen molar-refractivity contribution in [3.05, 3.63) is 58.0 Å². The van der Waals surface area contributed by atoms with Crippen LogP contribution in [0.25, 0.3) is 0 Å². The summed E-state index contributed by atoms with van der Waals surface area (Å²) in [5.41, 5.74) is 0.880. The van der Waals surface area contributed by atoms with Crippen molar-refractivity contribution in [2.45, 2.75) is 6.54 Å². The predicted octanol–water partition coefficient (Wildman–Crippen LogP) is 4.14. The van der Waals surface area contributed by atoms with E-state index in [0.29, 0.717) is 11.6 Å². The molecular formula is C12H9Cl2FN2. The van der Waals surface area contributed by atoms with E-state index < -0.39 is 5.82 Å². The molecule has 0 aliphatic carbocycles. The quantitative estimate of drug-likeness (QED) is 0.907. The van der Waals surface area contributed by atoms with E-state index in [0.717, 1.165) is 5.56 Å². The first-order valence-corrected chi connectivity index (χ1v) is 5.71.